The van der Waals surface area contributed by atoms with Crippen LogP contribution in [0.25, 0.3) is 0 Å². The van der Waals surface area contributed by atoms with E-state index < -0.39 is 6.10 Å². The first-order valence-electron chi connectivity index (χ1n) is 6.45. The van der Waals surface area contributed by atoms with Crippen LogP contribution in [0, 0.1) is 5.82 Å². The monoisotopic (exact) mass is 274 g/mol. The van der Waals surface area contributed by atoms with Crippen molar-refractivity contribution < 1.29 is 19.0 Å². The molecule has 1 aliphatic rings. The van der Waals surface area contributed by atoms with Gasteiger partial charge in [-0.2, -0.15) is 0 Å². The van der Waals surface area contributed by atoms with Crippen LogP contribution in [0.2, 0.25) is 0 Å². The Labute approximate surface area is 116 Å². The molecule has 1 aliphatic heterocycles. The maximum Gasteiger partial charge on any atom is 0.127 e. The average molecular weight is 274 g/mol. The summed E-state index contributed by atoms with van der Waals surface area (Å²) in [6.45, 7) is 0. The third-order valence-electron chi connectivity index (χ3n) is 3.52. The Morgan fingerprint density at radius 1 is 1.20 bits per heavy atom. The lowest BCUT2D eigenvalue weighted by molar-refractivity contribution is 0.0653. The van der Waals surface area contributed by atoms with Gasteiger partial charge in [-0.25, -0.2) is 4.39 Å². The molecule has 0 aliphatic carbocycles. The zero-order valence-corrected chi connectivity index (χ0v) is 11.0. The predicted molar refractivity (Wildman–Crippen MR) is 72.3 cm³/mol. The topological polar surface area (TPSA) is 38.7 Å². The van der Waals surface area contributed by atoms with Crippen LogP contribution in [0.1, 0.15) is 29.8 Å². The fourth-order valence-electron chi connectivity index (χ4n) is 2.44. The summed E-state index contributed by atoms with van der Waals surface area (Å²) in [6, 6.07) is 11.7. The molecule has 20 heavy (non-hydrogen) atoms. The average Bonchev–Trinajstić information content (AvgIpc) is 2.48. The third-order valence-corrected chi connectivity index (χ3v) is 3.52. The zero-order valence-electron chi connectivity index (χ0n) is 11.0. The van der Waals surface area contributed by atoms with Crippen LogP contribution in [-0.2, 0) is 0 Å². The molecule has 3 rings (SSSR count). The van der Waals surface area contributed by atoms with Gasteiger partial charge in [0.05, 0.1) is 13.2 Å². The van der Waals surface area contributed by atoms with Crippen molar-refractivity contribution in [3.8, 4) is 11.5 Å². The van der Waals surface area contributed by atoms with Gasteiger partial charge < -0.3 is 14.6 Å². The highest BCUT2D eigenvalue weighted by Crippen LogP contribution is 2.41. The Bertz CT molecular complexity index is 610. The highest BCUT2D eigenvalue weighted by Gasteiger charge is 2.28. The third kappa shape index (κ3) is 2.34. The number of fused-ring (bicyclic) bond motifs is 1. The summed E-state index contributed by atoms with van der Waals surface area (Å²) in [5, 5.41) is 10.1. The number of methoxy groups -OCH3 is 1. The molecule has 104 valence electrons. The Kier molecular flexibility index (Phi) is 3.32. The summed E-state index contributed by atoms with van der Waals surface area (Å²) in [4.78, 5) is 0. The summed E-state index contributed by atoms with van der Waals surface area (Å²) < 4.78 is 24.2. The van der Waals surface area contributed by atoms with Crippen LogP contribution < -0.4 is 9.47 Å². The maximum absolute atomic E-state index is 13.2. The zero-order chi connectivity index (χ0) is 14.1. The van der Waals surface area contributed by atoms with Gasteiger partial charge in [-0.15, -0.1) is 0 Å². The SMILES string of the molecule is COc1ccc(C2C[C@@H](O)c3cc(F)ccc3O2)cc1. The van der Waals surface area contributed by atoms with Gasteiger partial charge in [0.15, 0.2) is 0 Å². The molecule has 0 spiro atoms. The van der Waals surface area contributed by atoms with Gasteiger partial charge >= 0.3 is 0 Å². The Morgan fingerprint density at radius 2 is 1.95 bits per heavy atom. The minimum atomic E-state index is -0.721. The van der Waals surface area contributed by atoms with Crippen molar-refractivity contribution in [3.05, 3.63) is 59.4 Å². The van der Waals surface area contributed by atoms with E-state index in [-0.39, 0.29) is 11.9 Å². The number of ether oxygens (including phenoxy) is 2. The van der Waals surface area contributed by atoms with Crippen molar-refractivity contribution in [3.63, 3.8) is 0 Å². The summed E-state index contributed by atoms with van der Waals surface area (Å²) in [5.41, 5.74) is 1.47. The van der Waals surface area contributed by atoms with Crippen LogP contribution >= 0.6 is 0 Å². The first-order chi connectivity index (χ1) is 9.67. The molecule has 0 bridgehead atoms. The van der Waals surface area contributed by atoms with E-state index in [1.165, 1.54) is 12.1 Å². The molecule has 1 N–H and O–H groups in total. The van der Waals surface area contributed by atoms with E-state index in [1.807, 2.05) is 24.3 Å². The molecule has 0 radical (unpaired) electrons. The molecule has 2 aromatic rings. The van der Waals surface area contributed by atoms with E-state index >= 15 is 0 Å². The molecule has 2 aromatic carbocycles. The van der Waals surface area contributed by atoms with E-state index in [4.69, 9.17) is 9.47 Å². The van der Waals surface area contributed by atoms with E-state index in [1.54, 1.807) is 13.2 Å². The van der Waals surface area contributed by atoms with Crippen LogP contribution in [0.4, 0.5) is 4.39 Å². The molecule has 2 atom stereocenters. The molecule has 4 heteroatoms. The Hall–Kier alpha value is -2.07. The smallest absolute Gasteiger partial charge is 0.127 e. The lowest BCUT2D eigenvalue weighted by Crippen LogP contribution is -2.19. The first kappa shape index (κ1) is 12.9. The second-order valence-corrected chi connectivity index (χ2v) is 4.81. The van der Waals surface area contributed by atoms with Gasteiger partial charge in [-0.3, -0.25) is 0 Å². The maximum atomic E-state index is 13.2. The predicted octanol–water partition coefficient (Wildman–Crippen LogP) is 3.39. The van der Waals surface area contributed by atoms with Crippen LogP contribution in [0.5, 0.6) is 11.5 Å². The fourth-order valence-corrected chi connectivity index (χ4v) is 2.44. The second-order valence-electron chi connectivity index (χ2n) is 4.81. The molecule has 0 saturated carbocycles. The van der Waals surface area contributed by atoms with Gasteiger partial charge in [0.1, 0.15) is 23.4 Å². The van der Waals surface area contributed by atoms with Gasteiger partial charge in [0, 0.05) is 12.0 Å². The Balaban J connectivity index is 1.88. The van der Waals surface area contributed by atoms with Crippen LogP contribution in [0.15, 0.2) is 42.5 Å². The standard InChI is InChI=1S/C16H15FO3/c1-19-12-5-2-10(3-6-12)16-9-14(18)13-8-11(17)4-7-15(13)20-16/h2-8,14,16,18H,9H2,1H3/t14-,16?/m1/s1. The number of hydrogen-bond donors (Lipinski definition) is 1. The van der Waals surface area contributed by atoms with Crippen molar-refractivity contribution in [1.29, 1.82) is 0 Å². The van der Waals surface area contributed by atoms with Gasteiger partial charge in [-0.05, 0) is 35.9 Å². The highest BCUT2D eigenvalue weighted by molar-refractivity contribution is 5.39. The summed E-state index contributed by atoms with van der Waals surface area (Å²) in [5.74, 6) is 0.938. The lowest BCUT2D eigenvalue weighted by Gasteiger charge is -2.30. The molecule has 0 amide bonds. The molecular formula is C16H15FO3. The first-order valence-corrected chi connectivity index (χ1v) is 6.45. The summed E-state index contributed by atoms with van der Waals surface area (Å²) >= 11 is 0. The molecule has 0 fully saturated rings. The molecule has 0 saturated heterocycles. The van der Waals surface area contributed by atoms with Crippen molar-refractivity contribution >= 4 is 0 Å². The number of benzene rings is 2. The van der Waals surface area contributed by atoms with Crippen molar-refractivity contribution in [2.24, 2.45) is 0 Å². The van der Waals surface area contributed by atoms with Crippen molar-refractivity contribution in [2.45, 2.75) is 18.6 Å². The molecule has 3 nitrogen and oxygen atoms in total. The number of halogens is 1. The fraction of sp³-hybridized carbons (Fsp3) is 0.250. The highest BCUT2D eigenvalue weighted by atomic mass is 19.1. The van der Waals surface area contributed by atoms with Gasteiger partial charge in [-0.1, -0.05) is 12.1 Å². The van der Waals surface area contributed by atoms with Gasteiger partial charge in [0.2, 0.25) is 0 Å². The molecule has 1 unspecified atom stereocenters. The van der Waals surface area contributed by atoms with Gasteiger partial charge in [0.25, 0.3) is 0 Å². The van der Waals surface area contributed by atoms with Crippen molar-refractivity contribution in [1.82, 2.24) is 0 Å². The van der Waals surface area contributed by atoms with E-state index in [2.05, 4.69) is 0 Å². The number of aliphatic hydroxyl groups is 1. The largest absolute Gasteiger partial charge is 0.497 e. The van der Waals surface area contributed by atoms with E-state index in [0.29, 0.717) is 17.7 Å². The summed E-state index contributed by atoms with van der Waals surface area (Å²) in [7, 11) is 1.61. The lowest BCUT2D eigenvalue weighted by atomic mass is 9.95. The summed E-state index contributed by atoms with van der Waals surface area (Å²) in [6.07, 6.45) is -0.557. The normalized spacial score (nSPS) is 20.9. The minimum Gasteiger partial charge on any atom is -0.497 e. The van der Waals surface area contributed by atoms with E-state index in [0.717, 1.165) is 11.3 Å². The molecule has 0 aromatic heterocycles. The molecular weight excluding hydrogens is 259 g/mol. The second kappa shape index (κ2) is 5.13. The van der Waals surface area contributed by atoms with E-state index in [9.17, 15) is 9.50 Å². The number of rotatable bonds is 2. The number of aliphatic hydroxyl groups excluding tert-OH is 1. The van der Waals surface area contributed by atoms with Crippen molar-refractivity contribution in [2.75, 3.05) is 7.11 Å². The van der Waals surface area contributed by atoms with Crippen LogP contribution in [-0.4, -0.2) is 12.2 Å². The van der Waals surface area contributed by atoms with Crippen LogP contribution in [0.3, 0.4) is 0 Å². The quantitative estimate of drug-likeness (QED) is 0.912. The Morgan fingerprint density at radius 3 is 2.65 bits per heavy atom. The molecule has 1 heterocycles. The minimum absolute atomic E-state index is 0.242. The number of hydrogen-bond acceptors (Lipinski definition) is 3.